The summed E-state index contributed by atoms with van der Waals surface area (Å²) in [6, 6.07) is 24.4. The Kier molecular flexibility index (Phi) is 8.26. The Morgan fingerprint density at radius 1 is 0.906 bits per heavy atom. The van der Waals surface area contributed by atoms with Crippen molar-refractivity contribution in [3.05, 3.63) is 90.0 Å². The molecule has 0 saturated carbocycles. The van der Waals surface area contributed by atoms with E-state index in [1.54, 1.807) is 24.3 Å². The lowest BCUT2D eigenvalue weighted by molar-refractivity contribution is -0.114. The molecule has 0 aliphatic rings. The fourth-order valence-electron chi connectivity index (χ4n) is 2.97. The molecule has 6 nitrogen and oxygen atoms in total. The van der Waals surface area contributed by atoms with Crippen LogP contribution in [0.4, 0.5) is 11.4 Å². The van der Waals surface area contributed by atoms with E-state index in [4.69, 9.17) is 4.74 Å². The number of hydrogen-bond acceptors (Lipinski definition) is 4. The molecule has 2 amide bonds. The normalized spacial score (nSPS) is 11.3. The first kappa shape index (κ1) is 22.9. The van der Waals surface area contributed by atoms with Crippen molar-refractivity contribution in [2.24, 2.45) is 0 Å². The van der Waals surface area contributed by atoms with E-state index in [1.807, 2.05) is 68.4 Å². The molecular formula is C26H29N3O3. The summed E-state index contributed by atoms with van der Waals surface area (Å²) < 4.78 is 5.81. The fourth-order valence-corrected chi connectivity index (χ4v) is 2.97. The Bertz CT molecular complexity index is 1040. The highest BCUT2D eigenvalue weighted by Crippen LogP contribution is 2.19. The maximum Gasteiger partial charge on any atom is 0.251 e. The lowest BCUT2D eigenvalue weighted by atomic mass is 10.1. The Morgan fingerprint density at radius 3 is 2.44 bits per heavy atom. The zero-order valence-electron chi connectivity index (χ0n) is 18.4. The predicted molar refractivity (Wildman–Crippen MR) is 128 cm³/mol. The largest absolute Gasteiger partial charge is 0.489 e. The van der Waals surface area contributed by atoms with Crippen molar-refractivity contribution >= 4 is 23.2 Å². The quantitative estimate of drug-likeness (QED) is 0.429. The summed E-state index contributed by atoms with van der Waals surface area (Å²) in [6.45, 7) is 4.52. The van der Waals surface area contributed by atoms with E-state index >= 15 is 0 Å². The molecule has 0 aliphatic carbocycles. The molecule has 3 aromatic rings. The average molecular weight is 432 g/mol. The lowest BCUT2D eigenvalue weighted by Gasteiger charge is -2.13. The highest BCUT2D eigenvalue weighted by Gasteiger charge is 2.10. The van der Waals surface area contributed by atoms with Gasteiger partial charge in [0.15, 0.2) is 0 Å². The van der Waals surface area contributed by atoms with Crippen LogP contribution < -0.4 is 20.7 Å². The van der Waals surface area contributed by atoms with Crippen LogP contribution in [0, 0.1) is 0 Å². The van der Waals surface area contributed by atoms with Gasteiger partial charge in [0.05, 0.1) is 6.54 Å². The minimum absolute atomic E-state index is 0.0749. The van der Waals surface area contributed by atoms with Gasteiger partial charge < -0.3 is 20.7 Å². The highest BCUT2D eigenvalue weighted by atomic mass is 16.5. The smallest absolute Gasteiger partial charge is 0.251 e. The van der Waals surface area contributed by atoms with E-state index in [-0.39, 0.29) is 24.4 Å². The standard InChI is InChI=1S/C26H29N3O3/c1-3-19(2)28-26(31)21-11-7-12-22(15-21)27-17-25(30)29-23-13-8-14-24(16-23)32-18-20-9-5-4-6-10-20/h4-16,19,27H,3,17-18H2,1-2H3,(H,28,31)(H,29,30). The van der Waals surface area contributed by atoms with Gasteiger partial charge in [0.25, 0.3) is 5.91 Å². The molecule has 0 heterocycles. The van der Waals surface area contributed by atoms with Crippen LogP contribution in [0.3, 0.4) is 0 Å². The van der Waals surface area contributed by atoms with E-state index in [0.717, 1.165) is 12.0 Å². The summed E-state index contributed by atoms with van der Waals surface area (Å²) >= 11 is 0. The van der Waals surface area contributed by atoms with Crippen LogP contribution in [0.5, 0.6) is 5.75 Å². The number of hydrogen-bond donors (Lipinski definition) is 3. The molecule has 3 rings (SSSR count). The van der Waals surface area contributed by atoms with Gasteiger partial charge in [-0.15, -0.1) is 0 Å². The van der Waals surface area contributed by atoms with Crippen LogP contribution in [-0.2, 0) is 11.4 Å². The molecule has 0 saturated heterocycles. The van der Waals surface area contributed by atoms with Crippen LogP contribution in [-0.4, -0.2) is 24.4 Å². The molecule has 0 spiro atoms. The third kappa shape index (κ3) is 7.16. The van der Waals surface area contributed by atoms with Gasteiger partial charge in [-0.05, 0) is 49.2 Å². The maximum absolute atomic E-state index is 12.4. The van der Waals surface area contributed by atoms with Gasteiger partial charge in [0, 0.05) is 29.0 Å². The molecule has 3 aromatic carbocycles. The van der Waals surface area contributed by atoms with E-state index < -0.39 is 0 Å². The van der Waals surface area contributed by atoms with Crippen LogP contribution >= 0.6 is 0 Å². The van der Waals surface area contributed by atoms with Crippen molar-refractivity contribution in [1.29, 1.82) is 0 Å². The average Bonchev–Trinajstić information content (AvgIpc) is 2.82. The monoisotopic (exact) mass is 431 g/mol. The van der Waals surface area contributed by atoms with Gasteiger partial charge in [0.1, 0.15) is 12.4 Å². The van der Waals surface area contributed by atoms with Gasteiger partial charge in [-0.25, -0.2) is 0 Å². The second-order valence-electron chi connectivity index (χ2n) is 7.57. The van der Waals surface area contributed by atoms with Crippen LogP contribution in [0.25, 0.3) is 0 Å². The summed E-state index contributed by atoms with van der Waals surface area (Å²) in [5, 5.41) is 8.87. The number of rotatable bonds is 10. The molecule has 6 heteroatoms. The Morgan fingerprint density at radius 2 is 1.66 bits per heavy atom. The lowest BCUT2D eigenvalue weighted by Crippen LogP contribution is -2.31. The first-order valence-electron chi connectivity index (χ1n) is 10.7. The third-order valence-corrected chi connectivity index (χ3v) is 4.93. The molecule has 3 N–H and O–H groups in total. The van der Waals surface area contributed by atoms with E-state index in [9.17, 15) is 9.59 Å². The first-order chi connectivity index (χ1) is 15.5. The van der Waals surface area contributed by atoms with E-state index in [1.165, 1.54) is 0 Å². The fraction of sp³-hybridized carbons (Fsp3) is 0.231. The summed E-state index contributed by atoms with van der Waals surface area (Å²) in [5.41, 5.74) is 2.99. The van der Waals surface area contributed by atoms with Gasteiger partial charge >= 0.3 is 0 Å². The predicted octanol–water partition coefficient (Wildman–Crippen LogP) is 4.84. The zero-order valence-corrected chi connectivity index (χ0v) is 18.4. The molecule has 0 aliphatic heterocycles. The second kappa shape index (κ2) is 11.6. The molecule has 1 unspecified atom stereocenters. The zero-order chi connectivity index (χ0) is 22.8. The molecule has 1 atom stereocenters. The van der Waals surface area contributed by atoms with Crippen molar-refractivity contribution in [3.8, 4) is 5.75 Å². The summed E-state index contributed by atoms with van der Waals surface area (Å²) in [6.07, 6.45) is 0.863. The molecule has 0 bridgehead atoms. The summed E-state index contributed by atoms with van der Waals surface area (Å²) in [5.74, 6) is 0.360. The topological polar surface area (TPSA) is 79.5 Å². The van der Waals surface area contributed by atoms with Gasteiger partial charge in [-0.3, -0.25) is 9.59 Å². The van der Waals surface area contributed by atoms with Crippen LogP contribution in [0.2, 0.25) is 0 Å². The van der Waals surface area contributed by atoms with Gasteiger partial charge in [-0.1, -0.05) is 49.4 Å². The number of amides is 2. The minimum atomic E-state index is -0.195. The van der Waals surface area contributed by atoms with Gasteiger partial charge in [0.2, 0.25) is 5.91 Å². The van der Waals surface area contributed by atoms with Crippen molar-refractivity contribution in [3.63, 3.8) is 0 Å². The molecule has 32 heavy (non-hydrogen) atoms. The Hall–Kier alpha value is -3.80. The number of ether oxygens (including phenoxy) is 1. The maximum atomic E-state index is 12.4. The van der Waals surface area contributed by atoms with E-state index in [0.29, 0.717) is 29.3 Å². The second-order valence-corrected chi connectivity index (χ2v) is 7.57. The molecule has 0 radical (unpaired) electrons. The molecule has 166 valence electrons. The van der Waals surface area contributed by atoms with E-state index in [2.05, 4.69) is 16.0 Å². The Labute approximate surface area is 189 Å². The minimum Gasteiger partial charge on any atom is -0.489 e. The molecular weight excluding hydrogens is 402 g/mol. The molecule has 0 aromatic heterocycles. The number of nitrogens with one attached hydrogen (secondary N) is 3. The van der Waals surface area contributed by atoms with Crippen molar-refractivity contribution in [2.45, 2.75) is 32.9 Å². The SMILES string of the molecule is CCC(C)NC(=O)c1cccc(NCC(=O)Nc2cccc(OCc3ccccc3)c2)c1. The van der Waals surface area contributed by atoms with Crippen molar-refractivity contribution in [1.82, 2.24) is 5.32 Å². The number of carbonyl (C=O) groups excluding carboxylic acids is 2. The highest BCUT2D eigenvalue weighted by molar-refractivity contribution is 5.96. The molecule has 0 fully saturated rings. The van der Waals surface area contributed by atoms with Crippen molar-refractivity contribution < 1.29 is 14.3 Å². The third-order valence-electron chi connectivity index (χ3n) is 4.93. The van der Waals surface area contributed by atoms with Crippen LogP contribution in [0.1, 0.15) is 36.2 Å². The number of anilines is 2. The number of carbonyl (C=O) groups is 2. The van der Waals surface area contributed by atoms with Crippen LogP contribution in [0.15, 0.2) is 78.9 Å². The van der Waals surface area contributed by atoms with Gasteiger partial charge in [-0.2, -0.15) is 0 Å². The summed E-state index contributed by atoms with van der Waals surface area (Å²) in [4.78, 5) is 24.7. The summed E-state index contributed by atoms with van der Waals surface area (Å²) in [7, 11) is 0. The Balaban J connectivity index is 1.51. The number of benzene rings is 3. The first-order valence-corrected chi connectivity index (χ1v) is 10.7. The van der Waals surface area contributed by atoms with Crippen molar-refractivity contribution in [2.75, 3.05) is 17.2 Å².